The number of nitrogens with one attached hydrogen (secondary N) is 1. The summed E-state index contributed by atoms with van der Waals surface area (Å²) >= 11 is 0. The molecule has 1 aromatic rings. The average Bonchev–Trinajstić information content (AvgIpc) is 2.93. The van der Waals surface area contributed by atoms with E-state index in [1.54, 1.807) is 0 Å². The van der Waals surface area contributed by atoms with Crippen LogP contribution in [0.1, 0.15) is 51.8 Å². The van der Waals surface area contributed by atoms with E-state index < -0.39 is 0 Å². The second-order valence-corrected chi connectivity index (χ2v) is 6.22. The van der Waals surface area contributed by atoms with Gasteiger partial charge >= 0.3 is 0 Å². The SMILES string of the molecule is CCc1cc(CNC(C)C)cc(N2CCC(CC)C2)n1. The molecule has 1 fully saturated rings. The third-order valence-corrected chi connectivity index (χ3v) is 4.19. The van der Waals surface area contributed by atoms with E-state index in [-0.39, 0.29) is 0 Å². The highest BCUT2D eigenvalue weighted by Gasteiger charge is 2.22. The molecule has 0 bridgehead atoms. The molecule has 1 N–H and O–H groups in total. The highest BCUT2D eigenvalue weighted by molar-refractivity contribution is 5.44. The van der Waals surface area contributed by atoms with Gasteiger partial charge in [-0.3, -0.25) is 0 Å². The van der Waals surface area contributed by atoms with Crippen molar-refractivity contribution >= 4 is 5.82 Å². The Balaban J connectivity index is 2.13. The maximum absolute atomic E-state index is 4.83. The van der Waals surface area contributed by atoms with Gasteiger partial charge < -0.3 is 10.2 Å². The Morgan fingerprint density at radius 2 is 2.15 bits per heavy atom. The summed E-state index contributed by atoms with van der Waals surface area (Å²) in [4.78, 5) is 7.29. The fourth-order valence-electron chi connectivity index (χ4n) is 2.77. The predicted molar refractivity (Wildman–Crippen MR) is 86.2 cm³/mol. The summed E-state index contributed by atoms with van der Waals surface area (Å²) in [5.74, 6) is 2.03. The largest absolute Gasteiger partial charge is 0.356 e. The first kappa shape index (κ1) is 15.3. The molecule has 1 aromatic heterocycles. The number of anilines is 1. The lowest BCUT2D eigenvalue weighted by atomic mass is 10.1. The highest BCUT2D eigenvalue weighted by atomic mass is 15.2. The van der Waals surface area contributed by atoms with Crippen molar-refractivity contribution in [1.82, 2.24) is 10.3 Å². The molecule has 1 unspecified atom stereocenters. The fourth-order valence-corrected chi connectivity index (χ4v) is 2.77. The van der Waals surface area contributed by atoms with Gasteiger partial charge in [-0.25, -0.2) is 4.98 Å². The van der Waals surface area contributed by atoms with E-state index in [2.05, 4.69) is 50.0 Å². The molecule has 1 atom stereocenters. The maximum Gasteiger partial charge on any atom is 0.129 e. The van der Waals surface area contributed by atoms with Crippen LogP contribution < -0.4 is 10.2 Å². The number of hydrogen-bond donors (Lipinski definition) is 1. The second kappa shape index (κ2) is 7.07. The quantitative estimate of drug-likeness (QED) is 0.862. The van der Waals surface area contributed by atoms with E-state index in [0.29, 0.717) is 6.04 Å². The van der Waals surface area contributed by atoms with Gasteiger partial charge in [0, 0.05) is 31.4 Å². The fraction of sp³-hybridized carbons (Fsp3) is 0.706. The molecule has 2 rings (SSSR count). The molecule has 2 heterocycles. The molecule has 1 aliphatic rings. The summed E-state index contributed by atoms with van der Waals surface area (Å²) in [5, 5.41) is 3.50. The molecule has 0 saturated carbocycles. The van der Waals surface area contributed by atoms with Crippen LogP contribution in [0.15, 0.2) is 12.1 Å². The molecular weight excluding hydrogens is 246 g/mol. The third kappa shape index (κ3) is 3.95. The van der Waals surface area contributed by atoms with Crippen LogP contribution in [0.25, 0.3) is 0 Å². The van der Waals surface area contributed by atoms with Gasteiger partial charge in [-0.05, 0) is 36.5 Å². The Hall–Kier alpha value is -1.09. The molecule has 112 valence electrons. The summed E-state index contributed by atoms with van der Waals surface area (Å²) < 4.78 is 0. The standard InChI is InChI=1S/C17H29N3/c1-5-14-7-8-20(12-14)17-10-15(11-18-13(3)4)9-16(6-2)19-17/h9-10,13-14,18H,5-8,11-12H2,1-4H3. The number of nitrogens with zero attached hydrogens (tertiary/aromatic N) is 2. The molecule has 1 aliphatic heterocycles. The van der Waals surface area contributed by atoms with Crippen molar-refractivity contribution in [3.63, 3.8) is 0 Å². The number of hydrogen-bond acceptors (Lipinski definition) is 3. The molecule has 0 radical (unpaired) electrons. The maximum atomic E-state index is 4.83. The van der Waals surface area contributed by atoms with Crippen LogP contribution in [0.2, 0.25) is 0 Å². The molecule has 3 heteroatoms. The minimum absolute atomic E-state index is 0.521. The van der Waals surface area contributed by atoms with Crippen molar-refractivity contribution in [1.29, 1.82) is 0 Å². The Morgan fingerprint density at radius 1 is 1.35 bits per heavy atom. The first-order chi connectivity index (χ1) is 9.62. The molecule has 0 aromatic carbocycles. The monoisotopic (exact) mass is 275 g/mol. The molecule has 0 amide bonds. The van der Waals surface area contributed by atoms with E-state index in [1.807, 2.05) is 0 Å². The van der Waals surface area contributed by atoms with E-state index in [9.17, 15) is 0 Å². The topological polar surface area (TPSA) is 28.2 Å². The summed E-state index contributed by atoms with van der Waals surface area (Å²) in [5.41, 5.74) is 2.57. The van der Waals surface area contributed by atoms with E-state index >= 15 is 0 Å². The average molecular weight is 275 g/mol. The van der Waals surface area contributed by atoms with Gasteiger partial charge in [0.15, 0.2) is 0 Å². The van der Waals surface area contributed by atoms with Crippen molar-refractivity contribution in [3.8, 4) is 0 Å². The normalized spacial score (nSPS) is 19.1. The number of aryl methyl sites for hydroxylation is 1. The zero-order valence-electron chi connectivity index (χ0n) is 13.4. The lowest BCUT2D eigenvalue weighted by Gasteiger charge is -2.20. The molecular formula is C17H29N3. The van der Waals surface area contributed by atoms with Crippen molar-refractivity contribution in [2.75, 3.05) is 18.0 Å². The van der Waals surface area contributed by atoms with Crippen LogP contribution in [0, 0.1) is 5.92 Å². The number of pyridine rings is 1. The van der Waals surface area contributed by atoms with Crippen molar-refractivity contribution in [2.45, 2.75) is 59.5 Å². The number of aromatic nitrogens is 1. The van der Waals surface area contributed by atoms with Crippen LogP contribution in [0.5, 0.6) is 0 Å². The summed E-state index contributed by atoms with van der Waals surface area (Å²) in [6, 6.07) is 5.03. The van der Waals surface area contributed by atoms with Crippen LogP contribution in [0.4, 0.5) is 5.82 Å². The Labute approximate surface area is 123 Å². The van der Waals surface area contributed by atoms with Crippen molar-refractivity contribution in [2.24, 2.45) is 5.92 Å². The Bertz CT molecular complexity index is 428. The van der Waals surface area contributed by atoms with Gasteiger partial charge in [-0.15, -0.1) is 0 Å². The van der Waals surface area contributed by atoms with Gasteiger partial charge in [-0.1, -0.05) is 34.1 Å². The molecule has 0 spiro atoms. The molecule has 0 aliphatic carbocycles. The summed E-state index contributed by atoms with van der Waals surface area (Å²) in [6.45, 7) is 12.1. The predicted octanol–water partition coefficient (Wildman–Crippen LogP) is 3.38. The minimum atomic E-state index is 0.521. The van der Waals surface area contributed by atoms with E-state index in [0.717, 1.165) is 25.4 Å². The van der Waals surface area contributed by atoms with Gasteiger partial charge in [-0.2, -0.15) is 0 Å². The van der Waals surface area contributed by atoms with Crippen LogP contribution in [-0.4, -0.2) is 24.1 Å². The Kier molecular flexibility index (Phi) is 5.41. The summed E-state index contributed by atoms with van der Waals surface area (Å²) in [6.07, 6.45) is 3.60. The second-order valence-electron chi connectivity index (χ2n) is 6.22. The lowest BCUT2D eigenvalue weighted by Crippen LogP contribution is -2.24. The zero-order chi connectivity index (χ0) is 14.5. The van der Waals surface area contributed by atoms with Gasteiger partial charge in [0.1, 0.15) is 5.82 Å². The molecule has 1 saturated heterocycles. The van der Waals surface area contributed by atoms with Gasteiger partial charge in [0.25, 0.3) is 0 Å². The van der Waals surface area contributed by atoms with Crippen LogP contribution in [0.3, 0.4) is 0 Å². The van der Waals surface area contributed by atoms with Crippen LogP contribution >= 0.6 is 0 Å². The van der Waals surface area contributed by atoms with Crippen molar-refractivity contribution < 1.29 is 0 Å². The third-order valence-electron chi connectivity index (χ3n) is 4.19. The van der Waals surface area contributed by atoms with Gasteiger partial charge in [0.2, 0.25) is 0 Å². The molecule has 20 heavy (non-hydrogen) atoms. The first-order valence-corrected chi connectivity index (χ1v) is 8.10. The first-order valence-electron chi connectivity index (χ1n) is 8.10. The van der Waals surface area contributed by atoms with Crippen LogP contribution in [-0.2, 0) is 13.0 Å². The smallest absolute Gasteiger partial charge is 0.129 e. The lowest BCUT2D eigenvalue weighted by molar-refractivity contribution is 0.568. The highest BCUT2D eigenvalue weighted by Crippen LogP contribution is 2.25. The zero-order valence-corrected chi connectivity index (χ0v) is 13.4. The molecule has 3 nitrogen and oxygen atoms in total. The van der Waals surface area contributed by atoms with Gasteiger partial charge in [0.05, 0.1) is 0 Å². The van der Waals surface area contributed by atoms with E-state index in [4.69, 9.17) is 4.98 Å². The van der Waals surface area contributed by atoms with E-state index in [1.165, 1.54) is 36.5 Å². The Morgan fingerprint density at radius 3 is 2.75 bits per heavy atom. The minimum Gasteiger partial charge on any atom is -0.356 e. The van der Waals surface area contributed by atoms with Crippen molar-refractivity contribution in [3.05, 3.63) is 23.4 Å². The summed E-state index contributed by atoms with van der Waals surface area (Å²) in [7, 11) is 0. The number of rotatable bonds is 6.